The first-order chi connectivity index (χ1) is 20.8. The van der Waals surface area contributed by atoms with Crippen molar-refractivity contribution in [3.05, 3.63) is 83.4 Å². The van der Waals surface area contributed by atoms with E-state index < -0.39 is 5.97 Å². The van der Waals surface area contributed by atoms with Gasteiger partial charge in [-0.05, 0) is 73.8 Å². The van der Waals surface area contributed by atoms with Gasteiger partial charge < -0.3 is 19.8 Å². The number of carboxylic acids is 1. The van der Waals surface area contributed by atoms with E-state index in [2.05, 4.69) is 56.4 Å². The van der Waals surface area contributed by atoms with Crippen LogP contribution in [-0.2, 0) is 0 Å². The average Bonchev–Trinajstić information content (AvgIpc) is 3.63. The Bertz CT molecular complexity index is 1680. The number of anilines is 2. The number of fused-ring (bicyclic) bond motifs is 1. The highest BCUT2D eigenvalue weighted by atomic mass is 16.4. The van der Waals surface area contributed by atoms with Crippen molar-refractivity contribution in [2.24, 2.45) is 11.3 Å². The number of nitrogens with zero attached hydrogens (tertiary/aromatic N) is 7. The fourth-order valence-corrected chi connectivity index (χ4v) is 7.21. The van der Waals surface area contributed by atoms with Gasteiger partial charge >= 0.3 is 5.97 Å². The maximum atomic E-state index is 13.4. The molecule has 2 saturated heterocycles. The number of likely N-dealkylation sites (tertiary alicyclic amines) is 1. The van der Waals surface area contributed by atoms with Crippen LogP contribution in [0.4, 0.5) is 11.5 Å². The Morgan fingerprint density at radius 3 is 2.63 bits per heavy atom. The van der Waals surface area contributed by atoms with Gasteiger partial charge in [0.05, 0.1) is 11.9 Å². The van der Waals surface area contributed by atoms with Crippen molar-refractivity contribution in [1.29, 1.82) is 0 Å². The lowest BCUT2D eigenvalue weighted by molar-refractivity contribution is 0.0520. The summed E-state index contributed by atoms with van der Waals surface area (Å²) < 4.78 is 1.78. The molecule has 4 aromatic rings. The molecule has 1 aromatic carbocycles. The number of carbonyl (C=O) groups is 2. The van der Waals surface area contributed by atoms with E-state index >= 15 is 0 Å². The second-order valence-electron chi connectivity index (χ2n) is 12.6. The quantitative estimate of drug-likeness (QED) is 0.325. The summed E-state index contributed by atoms with van der Waals surface area (Å²) in [7, 11) is 1.91. The lowest BCUT2D eigenvalue weighted by Crippen LogP contribution is -2.63. The van der Waals surface area contributed by atoms with Crippen LogP contribution in [0.15, 0.2) is 60.8 Å². The van der Waals surface area contributed by atoms with Crippen molar-refractivity contribution in [1.82, 2.24) is 24.5 Å². The molecule has 7 rings (SSSR count). The van der Waals surface area contributed by atoms with Crippen molar-refractivity contribution >= 4 is 29.0 Å². The highest BCUT2D eigenvalue weighted by Crippen LogP contribution is 2.58. The molecule has 1 N–H and O–H groups in total. The summed E-state index contributed by atoms with van der Waals surface area (Å²) in [6.45, 7) is 6.19. The van der Waals surface area contributed by atoms with Crippen LogP contribution in [0.1, 0.15) is 63.8 Å². The van der Waals surface area contributed by atoms with Crippen LogP contribution < -0.4 is 9.80 Å². The minimum Gasteiger partial charge on any atom is -0.477 e. The fourth-order valence-electron chi connectivity index (χ4n) is 7.21. The maximum Gasteiger partial charge on any atom is 0.354 e. The molecule has 5 heterocycles. The average molecular weight is 580 g/mol. The molecule has 3 aliphatic rings. The maximum absolute atomic E-state index is 13.4. The van der Waals surface area contributed by atoms with E-state index in [1.54, 1.807) is 10.6 Å². The van der Waals surface area contributed by atoms with Crippen LogP contribution in [0, 0.1) is 18.3 Å². The summed E-state index contributed by atoms with van der Waals surface area (Å²) >= 11 is 0. The molecule has 0 radical (unpaired) electrons. The first kappa shape index (κ1) is 27.4. The molecule has 3 aromatic heterocycles. The van der Waals surface area contributed by atoms with Gasteiger partial charge in [0.1, 0.15) is 5.82 Å². The van der Waals surface area contributed by atoms with Gasteiger partial charge in [-0.25, -0.2) is 19.3 Å². The van der Waals surface area contributed by atoms with Crippen molar-refractivity contribution in [3.8, 4) is 0 Å². The molecule has 2 atom stereocenters. The number of carboxylic acid groups (broad SMARTS) is 1. The smallest absolute Gasteiger partial charge is 0.354 e. The summed E-state index contributed by atoms with van der Waals surface area (Å²) in [4.78, 5) is 39.8. The molecule has 1 spiro atoms. The third kappa shape index (κ3) is 4.98. The molecule has 222 valence electrons. The van der Waals surface area contributed by atoms with Gasteiger partial charge in [-0.1, -0.05) is 36.4 Å². The van der Waals surface area contributed by atoms with Crippen molar-refractivity contribution in [2.75, 3.05) is 49.6 Å². The van der Waals surface area contributed by atoms with E-state index in [-0.39, 0.29) is 17.4 Å². The molecular weight excluding hydrogens is 542 g/mol. The minimum absolute atomic E-state index is 0.0353. The topological polar surface area (TPSA) is 107 Å². The second-order valence-corrected chi connectivity index (χ2v) is 12.6. The van der Waals surface area contributed by atoms with Gasteiger partial charge in [0.2, 0.25) is 5.82 Å². The molecule has 1 amide bonds. The molecule has 3 fully saturated rings. The van der Waals surface area contributed by atoms with E-state index in [1.807, 2.05) is 36.0 Å². The largest absolute Gasteiger partial charge is 0.477 e. The monoisotopic (exact) mass is 579 g/mol. The molecule has 2 unspecified atom stereocenters. The second kappa shape index (κ2) is 10.7. The van der Waals surface area contributed by atoms with Crippen LogP contribution >= 0.6 is 0 Å². The van der Waals surface area contributed by atoms with Crippen LogP contribution in [0.25, 0.3) is 5.65 Å². The minimum atomic E-state index is -1.04. The van der Waals surface area contributed by atoms with Crippen LogP contribution in [0.3, 0.4) is 0 Å². The van der Waals surface area contributed by atoms with E-state index in [9.17, 15) is 14.7 Å². The van der Waals surface area contributed by atoms with Gasteiger partial charge in [-0.2, -0.15) is 0 Å². The van der Waals surface area contributed by atoms with E-state index in [4.69, 9.17) is 0 Å². The summed E-state index contributed by atoms with van der Waals surface area (Å²) in [6.07, 6.45) is 6.35. The molecule has 43 heavy (non-hydrogen) atoms. The Balaban J connectivity index is 0.973. The van der Waals surface area contributed by atoms with E-state index in [1.165, 1.54) is 24.5 Å². The number of hydrogen-bond acceptors (Lipinski definition) is 7. The lowest BCUT2D eigenvalue weighted by atomic mass is 9.53. The highest BCUT2D eigenvalue weighted by Gasteiger charge is 2.55. The molecule has 1 saturated carbocycles. The summed E-state index contributed by atoms with van der Waals surface area (Å²) in [5.74, 6) is 0.702. The molecule has 10 nitrogen and oxygen atoms in total. The fraction of sp³-hybridized carbons (Fsp3) is 0.424. The normalized spacial score (nSPS) is 20.7. The zero-order chi connectivity index (χ0) is 29.7. The number of carbonyl (C=O) groups excluding carboxylic acids is 1. The molecule has 1 aliphatic carbocycles. The number of benzene rings is 1. The standard InChI is InChI=1S/C33H37N7O3/c1-22-17-25(39-20-33(21-39)14-11-26(33)24-7-4-3-5-8-24)19-40-30(22)35-29(36-40)31(41)38-16-13-23(18-38)12-15-37(2)28-10-6-9-27(34-28)32(42)43/h3-10,17,19,23,26H,11-16,18,20-21H2,1-2H3,(H,42,43). The van der Waals surface area contributed by atoms with Gasteiger partial charge in [0, 0.05) is 45.2 Å². The van der Waals surface area contributed by atoms with E-state index in [0.717, 1.165) is 49.4 Å². The number of amides is 1. The summed E-state index contributed by atoms with van der Waals surface area (Å²) in [5.41, 5.74) is 4.73. The predicted octanol–water partition coefficient (Wildman–Crippen LogP) is 4.50. The highest BCUT2D eigenvalue weighted by molar-refractivity contribution is 5.91. The molecule has 10 heteroatoms. The van der Waals surface area contributed by atoms with Crippen LogP contribution in [-0.4, -0.2) is 81.2 Å². The first-order valence-electron chi connectivity index (χ1n) is 15.2. The Morgan fingerprint density at radius 1 is 1.07 bits per heavy atom. The third-order valence-electron chi connectivity index (χ3n) is 9.83. The number of aromatic carboxylic acids is 1. The number of aryl methyl sites for hydroxylation is 1. The Morgan fingerprint density at radius 2 is 1.88 bits per heavy atom. The Hall–Kier alpha value is -4.47. The number of pyridine rings is 2. The Kier molecular flexibility index (Phi) is 6.79. The number of hydrogen-bond donors (Lipinski definition) is 1. The molecule has 0 bridgehead atoms. The van der Waals surface area contributed by atoms with Gasteiger partial charge in [0.25, 0.3) is 5.91 Å². The number of aromatic nitrogens is 4. The van der Waals surface area contributed by atoms with Crippen molar-refractivity contribution in [3.63, 3.8) is 0 Å². The zero-order valence-electron chi connectivity index (χ0n) is 24.7. The summed E-state index contributed by atoms with van der Waals surface area (Å²) in [5, 5.41) is 13.9. The van der Waals surface area contributed by atoms with Crippen LogP contribution in [0.2, 0.25) is 0 Å². The van der Waals surface area contributed by atoms with Crippen molar-refractivity contribution < 1.29 is 14.7 Å². The van der Waals surface area contributed by atoms with Crippen LogP contribution in [0.5, 0.6) is 0 Å². The third-order valence-corrected chi connectivity index (χ3v) is 9.83. The predicted molar refractivity (Wildman–Crippen MR) is 164 cm³/mol. The van der Waals surface area contributed by atoms with Crippen molar-refractivity contribution in [2.45, 2.75) is 38.5 Å². The number of rotatable bonds is 8. The Labute approximate surface area is 251 Å². The first-order valence-corrected chi connectivity index (χ1v) is 15.2. The summed E-state index contributed by atoms with van der Waals surface area (Å²) in [6, 6.07) is 18.1. The zero-order valence-corrected chi connectivity index (χ0v) is 24.7. The van der Waals surface area contributed by atoms with Gasteiger partial charge in [-0.3, -0.25) is 4.79 Å². The van der Waals surface area contributed by atoms with Gasteiger partial charge in [0.15, 0.2) is 11.3 Å². The SMILES string of the molecule is Cc1cc(N2CC3(CCC3c3ccccc3)C2)cn2nc(C(=O)N3CCC(CCN(C)c4cccc(C(=O)O)n4)C3)nc12. The van der Waals surface area contributed by atoms with E-state index in [0.29, 0.717) is 36.2 Å². The molecular formula is C33H37N7O3. The lowest BCUT2D eigenvalue weighted by Gasteiger charge is -2.61. The molecule has 2 aliphatic heterocycles. The van der Waals surface area contributed by atoms with Gasteiger partial charge in [-0.15, -0.1) is 5.10 Å².